The van der Waals surface area contributed by atoms with E-state index in [0.717, 1.165) is 20.8 Å². The lowest BCUT2D eigenvalue weighted by molar-refractivity contribution is -0.131. The van der Waals surface area contributed by atoms with E-state index in [2.05, 4.69) is 16.9 Å². The van der Waals surface area contributed by atoms with Crippen molar-refractivity contribution in [1.29, 1.82) is 0 Å². The summed E-state index contributed by atoms with van der Waals surface area (Å²) in [5.74, 6) is 1.08. The molecule has 0 aliphatic rings. The van der Waals surface area contributed by atoms with Crippen molar-refractivity contribution >= 4 is 40.3 Å². The number of likely N-dealkylation sites (N-methyl/N-ethyl adjacent to an activating group) is 1. The smallest absolute Gasteiger partial charge is 0.228 e. The predicted molar refractivity (Wildman–Crippen MR) is 85.5 cm³/mol. The lowest BCUT2D eigenvalue weighted by Crippen LogP contribution is -2.31. The van der Waals surface area contributed by atoms with E-state index >= 15 is 0 Å². The number of carbonyl (C=O) groups excluding carboxylic acids is 1. The van der Waals surface area contributed by atoms with Crippen LogP contribution in [0, 0.1) is 0 Å². The standard InChI is InChI=1S/C13H17N3OS3/c1-4-18-13-15-10(8-20-13)7-11(17)16(3)9(2)12-14-5-6-19-12/h5-6,8-9H,4,7H2,1-3H3. The zero-order chi connectivity index (χ0) is 14.5. The zero-order valence-electron chi connectivity index (χ0n) is 11.7. The monoisotopic (exact) mass is 327 g/mol. The van der Waals surface area contributed by atoms with E-state index in [0.29, 0.717) is 6.42 Å². The number of aromatic nitrogens is 2. The number of carbonyl (C=O) groups is 1. The molecule has 1 unspecified atom stereocenters. The molecule has 4 nitrogen and oxygen atoms in total. The van der Waals surface area contributed by atoms with Gasteiger partial charge < -0.3 is 4.90 Å². The molecule has 20 heavy (non-hydrogen) atoms. The third-order valence-corrected chi connectivity index (χ3v) is 5.81. The minimum absolute atomic E-state index is 0.00521. The van der Waals surface area contributed by atoms with Gasteiger partial charge in [-0.25, -0.2) is 9.97 Å². The first-order chi connectivity index (χ1) is 9.61. The topological polar surface area (TPSA) is 46.1 Å². The Hall–Kier alpha value is -0.920. The second kappa shape index (κ2) is 7.19. The summed E-state index contributed by atoms with van der Waals surface area (Å²) in [6.07, 6.45) is 2.12. The SMILES string of the molecule is CCSc1nc(CC(=O)N(C)C(C)c2nccs2)cs1. The van der Waals surface area contributed by atoms with E-state index in [1.54, 1.807) is 45.5 Å². The Kier molecular flexibility index (Phi) is 5.56. The van der Waals surface area contributed by atoms with Crippen LogP contribution >= 0.6 is 34.4 Å². The van der Waals surface area contributed by atoms with Crippen LogP contribution in [0.1, 0.15) is 30.6 Å². The van der Waals surface area contributed by atoms with Crippen LogP contribution in [0.4, 0.5) is 0 Å². The molecule has 0 saturated heterocycles. The Balaban J connectivity index is 1.96. The minimum atomic E-state index is 0.00521. The number of thiazole rings is 2. The highest BCUT2D eigenvalue weighted by Crippen LogP contribution is 2.24. The summed E-state index contributed by atoms with van der Waals surface area (Å²) in [6, 6.07) is 0.00521. The van der Waals surface area contributed by atoms with Crippen LogP contribution in [0.3, 0.4) is 0 Å². The summed E-state index contributed by atoms with van der Waals surface area (Å²) in [5.41, 5.74) is 0.856. The molecule has 1 atom stereocenters. The summed E-state index contributed by atoms with van der Waals surface area (Å²) < 4.78 is 1.03. The highest BCUT2D eigenvalue weighted by atomic mass is 32.2. The van der Waals surface area contributed by atoms with Crippen LogP contribution in [-0.4, -0.2) is 33.6 Å². The fourth-order valence-corrected chi connectivity index (χ4v) is 4.14. The zero-order valence-corrected chi connectivity index (χ0v) is 14.1. The van der Waals surface area contributed by atoms with E-state index in [9.17, 15) is 4.79 Å². The molecule has 0 fully saturated rings. The lowest BCUT2D eigenvalue weighted by atomic mass is 10.2. The van der Waals surface area contributed by atoms with Gasteiger partial charge in [-0.05, 0) is 12.7 Å². The molecule has 2 aromatic rings. The number of rotatable bonds is 6. The van der Waals surface area contributed by atoms with Crippen LogP contribution in [0.25, 0.3) is 0 Å². The van der Waals surface area contributed by atoms with Gasteiger partial charge in [-0.15, -0.1) is 22.7 Å². The lowest BCUT2D eigenvalue weighted by Gasteiger charge is -2.22. The van der Waals surface area contributed by atoms with Crippen LogP contribution in [0.15, 0.2) is 21.3 Å². The van der Waals surface area contributed by atoms with Gasteiger partial charge in [0, 0.05) is 24.0 Å². The molecule has 0 N–H and O–H groups in total. The van der Waals surface area contributed by atoms with Crippen molar-refractivity contribution in [3.63, 3.8) is 0 Å². The van der Waals surface area contributed by atoms with Crippen LogP contribution < -0.4 is 0 Å². The molecule has 108 valence electrons. The predicted octanol–water partition coefficient (Wildman–Crippen LogP) is 3.47. The van der Waals surface area contributed by atoms with Crippen molar-refractivity contribution in [2.45, 2.75) is 30.6 Å². The first kappa shape index (κ1) is 15.5. The largest absolute Gasteiger partial charge is 0.336 e. The normalized spacial score (nSPS) is 12.3. The van der Waals surface area contributed by atoms with Gasteiger partial charge in [0.2, 0.25) is 5.91 Å². The van der Waals surface area contributed by atoms with Gasteiger partial charge in [0.25, 0.3) is 0 Å². The first-order valence-electron chi connectivity index (χ1n) is 6.34. The van der Waals surface area contributed by atoms with Gasteiger partial charge in [0.05, 0.1) is 18.2 Å². The summed E-state index contributed by atoms with van der Waals surface area (Å²) in [4.78, 5) is 22.7. The first-order valence-corrected chi connectivity index (χ1v) is 9.08. The number of thioether (sulfide) groups is 1. The second-order valence-corrected chi connectivity index (χ2v) is 7.56. The van der Waals surface area contributed by atoms with Crippen LogP contribution in [-0.2, 0) is 11.2 Å². The summed E-state index contributed by atoms with van der Waals surface area (Å²) in [5, 5.41) is 4.86. The van der Waals surface area contributed by atoms with E-state index < -0.39 is 0 Å². The second-order valence-electron chi connectivity index (χ2n) is 4.27. The van der Waals surface area contributed by atoms with Crippen molar-refractivity contribution in [2.75, 3.05) is 12.8 Å². The average molecular weight is 328 g/mol. The summed E-state index contributed by atoms with van der Waals surface area (Å²) in [7, 11) is 1.82. The minimum Gasteiger partial charge on any atom is -0.336 e. The molecule has 0 spiro atoms. The molecule has 0 bridgehead atoms. The van der Waals surface area contributed by atoms with Crippen LogP contribution in [0.2, 0.25) is 0 Å². The van der Waals surface area contributed by atoms with E-state index in [1.165, 1.54) is 0 Å². The van der Waals surface area contributed by atoms with Crippen LogP contribution in [0.5, 0.6) is 0 Å². The molecular formula is C13H17N3OS3. The van der Waals surface area contributed by atoms with Gasteiger partial charge in [0.1, 0.15) is 9.35 Å². The summed E-state index contributed by atoms with van der Waals surface area (Å²) >= 11 is 4.89. The molecule has 0 radical (unpaired) electrons. The number of hydrogen-bond donors (Lipinski definition) is 0. The molecule has 0 saturated carbocycles. The van der Waals surface area contributed by atoms with Crippen molar-refractivity contribution in [2.24, 2.45) is 0 Å². The third kappa shape index (κ3) is 3.80. The van der Waals surface area contributed by atoms with Crippen molar-refractivity contribution in [1.82, 2.24) is 14.9 Å². The van der Waals surface area contributed by atoms with E-state index in [4.69, 9.17) is 0 Å². The van der Waals surface area contributed by atoms with Gasteiger partial charge in [-0.3, -0.25) is 4.79 Å². The van der Waals surface area contributed by atoms with Gasteiger partial charge in [-0.1, -0.05) is 18.7 Å². The molecule has 0 aliphatic heterocycles. The molecule has 0 aliphatic carbocycles. The Labute approximate surface area is 131 Å². The molecule has 2 aromatic heterocycles. The molecule has 2 rings (SSSR count). The van der Waals surface area contributed by atoms with Crippen molar-refractivity contribution < 1.29 is 4.79 Å². The Morgan fingerprint density at radius 2 is 2.30 bits per heavy atom. The fourth-order valence-electron chi connectivity index (χ4n) is 1.66. The van der Waals surface area contributed by atoms with Gasteiger partial charge >= 0.3 is 0 Å². The Bertz CT molecular complexity index is 553. The number of amides is 1. The number of hydrogen-bond acceptors (Lipinski definition) is 6. The van der Waals surface area contributed by atoms with Gasteiger partial charge in [0.15, 0.2) is 0 Å². The highest BCUT2D eigenvalue weighted by Gasteiger charge is 2.20. The maximum Gasteiger partial charge on any atom is 0.228 e. The van der Waals surface area contributed by atoms with E-state index in [1.807, 2.05) is 24.7 Å². The van der Waals surface area contributed by atoms with Crippen molar-refractivity contribution in [3.05, 3.63) is 27.7 Å². The molecule has 1 amide bonds. The highest BCUT2D eigenvalue weighted by molar-refractivity contribution is 8.00. The fraction of sp³-hybridized carbons (Fsp3) is 0.462. The summed E-state index contributed by atoms with van der Waals surface area (Å²) in [6.45, 7) is 4.09. The number of nitrogens with zero attached hydrogens (tertiary/aromatic N) is 3. The van der Waals surface area contributed by atoms with Gasteiger partial charge in [-0.2, -0.15) is 0 Å². The molecule has 0 aromatic carbocycles. The van der Waals surface area contributed by atoms with Crippen molar-refractivity contribution in [3.8, 4) is 0 Å². The molecular weight excluding hydrogens is 310 g/mol. The Morgan fingerprint density at radius 1 is 1.50 bits per heavy atom. The Morgan fingerprint density at radius 3 is 2.95 bits per heavy atom. The average Bonchev–Trinajstić information content (AvgIpc) is 3.09. The molecule has 7 heteroatoms. The van der Waals surface area contributed by atoms with E-state index in [-0.39, 0.29) is 11.9 Å². The maximum atomic E-state index is 12.3. The molecule has 2 heterocycles. The quantitative estimate of drug-likeness (QED) is 0.762. The maximum absolute atomic E-state index is 12.3. The third-order valence-electron chi connectivity index (χ3n) is 2.91.